The van der Waals surface area contributed by atoms with Crippen LogP contribution in [0.25, 0.3) is 0 Å². The van der Waals surface area contributed by atoms with Crippen LogP contribution in [0.1, 0.15) is 90.4 Å². The molecule has 0 fully saturated rings. The van der Waals surface area contributed by atoms with Gasteiger partial charge in [0.05, 0.1) is 13.5 Å². The normalized spacial score (nSPS) is 10.5. The second-order valence-corrected chi connectivity index (χ2v) is 5.55. The lowest BCUT2D eigenvalue weighted by Crippen LogP contribution is -2.05. The molecule has 0 aliphatic carbocycles. The minimum atomic E-state index is -0.290. The summed E-state index contributed by atoms with van der Waals surface area (Å²) in [5.41, 5.74) is 0. The SMILES string of the molecule is CCCCCCCCCCCCC(=O)CCC(=O)OC. The van der Waals surface area contributed by atoms with Crippen LogP contribution in [0.3, 0.4) is 0 Å². The van der Waals surface area contributed by atoms with Crippen molar-refractivity contribution in [3.05, 3.63) is 0 Å². The molecule has 0 aliphatic rings. The van der Waals surface area contributed by atoms with Crippen molar-refractivity contribution in [2.24, 2.45) is 0 Å². The Morgan fingerprint density at radius 2 is 1.20 bits per heavy atom. The standard InChI is InChI=1S/C17H32O3/c1-3-4-5-6-7-8-9-10-11-12-13-16(18)14-15-17(19)20-2/h3-15H2,1-2H3. The largest absolute Gasteiger partial charge is 0.469 e. The van der Waals surface area contributed by atoms with E-state index in [-0.39, 0.29) is 18.2 Å². The Bertz CT molecular complexity index is 249. The van der Waals surface area contributed by atoms with Gasteiger partial charge in [-0.15, -0.1) is 0 Å². The summed E-state index contributed by atoms with van der Waals surface area (Å²) in [7, 11) is 1.36. The lowest BCUT2D eigenvalue weighted by molar-refractivity contribution is -0.141. The summed E-state index contributed by atoms with van der Waals surface area (Å²) in [5.74, 6) is -0.101. The first-order valence-corrected chi connectivity index (χ1v) is 8.29. The Kier molecular flexibility index (Phi) is 13.9. The highest BCUT2D eigenvalue weighted by Gasteiger charge is 2.06. The lowest BCUT2D eigenvalue weighted by atomic mass is 10.0. The van der Waals surface area contributed by atoms with Crippen LogP contribution in [0.15, 0.2) is 0 Å². The van der Waals surface area contributed by atoms with Crippen molar-refractivity contribution in [1.82, 2.24) is 0 Å². The molecule has 0 atom stereocenters. The molecule has 0 amide bonds. The van der Waals surface area contributed by atoms with Crippen LogP contribution in [-0.4, -0.2) is 18.9 Å². The molecule has 0 saturated heterocycles. The third kappa shape index (κ3) is 13.6. The average molecular weight is 284 g/mol. The fraction of sp³-hybridized carbons (Fsp3) is 0.882. The molecule has 3 heteroatoms. The summed E-state index contributed by atoms with van der Waals surface area (Å²) < 4.78 is 4.51. The molecule has 0 unspecified atom stereocenters. The highest BCUT2D eigenvalue weighted by Crippen LogP contribution is 2.12. The molecule has 0 aromatic rings. The number of rotatable bonds is 14. The third-order valence-electron chi connectivity index (χ3n) is 3.64. The van der Waals surface area contributed by atoms with Crippen LogP contribution < -0.4 is 0 Å². The number of methoxy groups -OCH3 is 1. The zero-order valence-corrected chi connectivity index (χ0v) is 13.4. The van der Waals surface area contributed by atoms with Gasteiger partial charge in [0.25, 0.3) is 0 Å². The van der Waals surface area contributed by atoms with E-state index in [0.29, 0.717) is 12.8 Å². The summed E-state index contributed by atoms with van der Waals surface area (Å²) >= 11 is 0. The highest BCUT2D eigenvalue weighted by molar-refractivity contribution is 5.82. The van der Waals surface area contributed by atoms with E-state index in [1.165, 1.54) is 58.5 Å². The van der Waals surface area contributed by atoms with Gasteiger partial charge in [-0.2, -0.15) is 0 Å². The Labute approximate surface area is 124 Å². The molecule has 0 N–H and O–H groups in total. The van der Waals surface area contributed by atoms with Gasteiger partial charge in [0.2, 0.25) is 0 Å². The number of hydrogen-bond donors (Lipinski definition) is 0. The van der Waals surface area contributed by atoms with Crippen LogP contribution in [-0.2, 0) is 14.3 Å². The topological polar surface area (TPSA) is 43.4 Å². The lowest BCUT2D eigenvalue weighted by Gasteiger charge is -2.02. The van der Waals surface area contributed by atoms with Gasteiger partial charge in [-0.1, -0.05) is 64.7 Å². The minimum Gasteiger partial charge on any atom is -0.469 e. The number of hydrogen-bond acceptors (Lipinski definition) is 3. The molecular weight excluding hydrogens is 252 g/mol. The van der Waals surface area contributed by atoms with E-state index < -0.39 is 0 Å². The number of unbranched alkanes of at least 4 members (excludes halogenated alkanes) is 9. The van der Waals surface area contributed by atoms with Crippen molar-refractivity contribution in [3.63, 3.8) is 0 Å². The van der Waals surface area contributed by atoms with Crippen molar-refractivity contribution in [2.45, 2.75) is 90.4 Å². The molecular formula is C17H32O3. The first-order valence-electron chi connectivity index (χ1n) is 8.29. The maximum absolute atomic E-state index is 11.5. The Morgan fingerprint density at radius 1 is 0.700 bits per heavy atom. The summed E-state index contributed by atoms with van der Waals surface area (Å²) in [6.07, 6.45) is 13.9. The van der Waals surface area contributed by atoms with Crippen LogP contribution in [0.5, 0.6) is 0 Å². The van der Waals surface area contributed by atoms with Gasteiger partial charge in [-0.3, -0.25) is 9.59 Å². The second kappa shape index (κ2) is 14.5. The summed E-state index contributed by atoms with van der Waals surface area (Å²) in [5, 5.41) is 0. The van der Waals surface area contributed by atoms with Gasteiger partial charge in [0.15, 0.2) is 0 Å². The number of carbonyl (C=O) groups is 2. The van der Waals surface area contributed by atoms with Crippen LogP contribution in [0.2, 0.25) is 0 Å². The molecule has 0 aromatic heterocycles. The van der Waals surface area contributed by atoms with Gasteiger partial charge in [-0.25, -0.2) is 0 Å². The van der Waals surface area contributed by atoms with Gasteiger partial charge in [0.1, 0.15) is 5.78 Å². The van der Waals surface area contributed by atoms with E-state index in [9.17, 15) is 9.59 Å². The molecule has 0 saturated carbocycles. The molecule has 0 aromatic carbocycles. The molecule has 0 aliphatic heterocycles. The Hall–Kier alpha value is -0.860. The number of Topliss-reactive ketones (excluding diaryl/α,β-unsaturated/α-hetero) is 1. The quantitative estimate of drug-likeness (QED) is 0.339. The van der Waals surface area contributed by atoms with E-state index in [2.05, 4.69) is 11.7 Å². The first kappa shape index (κ1) is 19.1. The minimum absolute atomic E-state index is 0.190. The second-order valence-electron chi connectivity index (χ2n) is 5.55. The van der Waals surface area contributed by atoms with Crippen molar-refractivity contribution < 1.29 is 14.3 Å². The maximum Gasteiger partial charge on any atom is 0.305 e. The molecule has 0 rings (SSSR count). The summed E-state index contributed by atoms with van der Waals surface area (Å²) in [6, 6.07) is 0. The van der Waals surface area contributed by atoms with Crippen molar-refractivity contribution >= 4 is 11.8 Å². The van der Waals surface area contributed by atoms with E-state index in [4.69, 9.17) is 0 Å². The van der Waals surface area contributed by atoms with Crippen molar-refractivity contribution in [2.75, 3.05) is 7.11 Å². The molecule has 0 heterocycles. The fourth-order valence-electron chi connectivity index (χ4n) is 2.28. The smallest absolute Gasteiger partial charge is 0.305 e. The van der Waals surface area contributed by atoms with Crippen molar-refractivity contribution in [1.29, 1.82) is 0 Å². The summed E-state index contributed by atoms with van der Waals surface area (Å²) in [4.78, 5) is 22.4. The molecule has 0 spiro atoms. The zero-order valence-electron chi connectivity index (χ0n) is 13.4. The first-order chi connectivity index (χ1) is 9.70. The number of carbonyl (C=O) groups excluding carboxylic acids is 2. The predicted molar refractivity (Wildman–Crippen MR) is 82.7 cm³/mol. The number of esters is 1. The average Bonchev–Trinajstić information content (AvgIpc) is 2.46. The zero-order chi connectivity index (χ0) is 15.1. The van der Waals surface area contributed by atoms with Gasteiger partial charge < -0.3 is 4.74 Å². The predicted octanol–water partition coefficient (Wildman–Crippen LogP) is 4.82. The Balaban J connectivity index is 3.19. The molecule has 3 nitrogen and oxygen atoms in total. The monoisotopic (exact) mass is 284 g/mol. The fourth-order valence-corrected chi connectivity index (χ4v) is 2.28. The van der Waals surface area contributed by atoms with Gasteiger partial charge in [-0.05, 0) is 6.42 Å². The molecule has 0 bridgehead atoms. The van der Waals surface area contributed by atoms with Gasteiger partial charge in [0, 0.05) is 12.8 Å². The molecule has 118 valence electrons. The molecule has 20 heavy (non-hydrogen) atoms. The van der Waals surface area contributed by atoms with Gasteiger partial charge >= 0.3 is 5.97 Å². The molecule has 0 radical (unpaired) electrons. The van der Waals surface area contributed by atoms with E-state index in [1.54, 1.807) is 0 Å². The summed E-state index contributed by atoms with van der Waals surface area (Å²) in [6.45, 7) is 2.24. The van der Waals surface area contributed by atoms with Crippen molar-refractivity contribution in [3.8, 4) is 0 Å². The van der Waals surface area contributed by atoms with E-state index in [0.717, 1.165) is 12.8 Å². The number of ketones is 1. The van der Waals surface area contributed by atoms with Crippen LogP contribution >= 0.6 is 0 Å². The van der Waals surface area contributed by atoms with E-state index in [1.807, 2.05) is 0 Å². The maximum atomic E-state index is 11.5. The van der Waals surface area contributed by atoms with E-state index >= 15 is 0 Å². The van der Waals surface area contributed by atoms with Crippen LogP contribution in [0.4, 0.5) is 0 Å². The highest BCUT2D eigenvalue weighted by atomic mass is 16.5. The number of ether oxygens (including phenoxy) is 1. The third-order valence-corrected chi connectivity index (χ3v) is 3.64. The van der Waals surface area contributed by atoms with Crippen LogP contribution in [0, 0.1) is 0 Å². The Morgan fingerprint density at radius 3 is 1.70 bits per heavy atom.